The number of aryl methyl sites for hydroxylation is 1. The Kier molecular flexibility index (Phi) is 3.27. The van der Waals surface area contributed by atoms with Crippen LogP contribution in [0.25, 0.3) is 10.9 Å². The highest BCUT2D eigenvalue weighted by Crippen LogP contribution is 2.42. The van der Waals surface area contributed by atoms with Crippen molar-refractivity contribution in [1.82, 2.24) is 9.88 Å². The molecule has 2 unspecified atom stereocenters. The third kappa shape index (κ3) is 2.15. The minimum Gasteiger partial charge on any atom is -0.508 e. The highest BCUT2D eigenvalue weighted by atomic mass is 32.2. The minimum atomic E-state index is -3.62. The van der Waals surface area contributed by atoms with Gasteiger partial charge in [0.15, 0.2) is 0 Å². The van der Waals surface area contributed by atoms with Gasteiger partial charge in [0.25, 0.3) is 0 Å². The predicted octanol–water partition coefficient (Wildman–Crippen LogP) is 3.07. The van der Waals surface area contributed by atoms with Crippen molar-refractivity contribution in [1.29, 1.82) is 0 Å². The summed E-state index contributed by atoms with van der Waals surface area (Å²) in [7, 11) is -1.55. The first-order chi connectivity index (χ1) is 12.4. The van der Waals surface area contributed by atoms with Gasteiger partial charge in [-0.3, -0.25) is 0 Å². The maximum absolute atomic E-state index is 13.0. The third-order valence-electron chi connectivity index (χ3n) is 5.82. The van der Waals surface area contributed by atoms with Crippen LogP contribution in [0.5, 0.6) is 5.75 Å². The lowest BCUT2D eigenvalue weighted by atomic mass is 9.99. The topological polar surface area (TPSA) is 71.3 Å². The zero-order chi connectivity index (χ0) is 18.1. The molecule has 2 aliphatic heterocycles. The van der Waals surface area contributed by atoms with Crippen LogP contribution in [-0.4, -0.2) is 24.1 Å². The molecule has 2 aliphatic rings. The molecule has 0 spiro atoms. The van der Waals surface area contributed by atoms with Crippen LogP contribution >= 0.6 is 0 Å². The third-order valence-corrected chi connectivity index (χ3v) is 7.59. The molecule has 1 fully saturated rings. The van der Waals surface area contributed by atoms with Crippen LogP contribution in [0, 0.1) is 0 Å². The normalized spacial score (nSPS) is 21.9. The summed E-state index contributed by atoms with van der Waals surface area (Å²) in [6.45, 7) is 0. The Balaban J connectivity index is 1.70. The first-order valence-electron chi connectivity index (χ1n) is 8.86. The van der Waals surface area contributed by atoms with E-state index in [0.29, 0.717) is 17.0 Å². The lowest BCUT2D eigenvalue weighted by molar-refractivity contribution is 0.475. The number of hydrogen-bond acceptors (Lipinski definition) is 4. The number of phenolic OH excluding ortho intramolecular Hbond substituents is 1. The van der Waals surface area contributed by atoms with Gasteiger partial charge in [-0.1, -0.05) is 0 Å². The molecule has 0 saturated carbocycles. The Morgan fingerprint density at radius 3 is 2.58 bits per heavy atom. The quantitative estimate of drug-likeness (QED) is 0.729. The summed E-state index contributed by atoms with van der Waals surface area (Å²) in [6, 6.07) is 12.0. The van der Waals surface area contributed by atoms with Gasteiger partial charge >= 0.3 is 0 Å². The van der Waals surface area contributed by atoms with Gasteiger partial charge in [-0.05, 0) is 60.9 Å². The van der Waals surface area contributed by atoms with E-state index in [1.807, 2.05) is 12.1 Å². The largest absolute Gasteiger partial charge is 0.508 e. The molecule has 0 amide bonds. The average Bonchev–Trinajstić information content (AvgIpc) is 3.14. The molecule has 2 aromatic carbocycles. The Bertz CT molecular complexity index is 1130. The maximum atomic E-state index is 13.0. The van der Waals surface area contributed by atoms with Crippen LogP contribution < -0.4 is 5.32 Å². The monoisotopic (exact) mass is 368 g/mol. The van der Waals surface area contributed by atoms with Gasteiger partial charge in [-0.25, -0.2) is 8.42 Å². The fourth-order valence-electron chi connectivity index (χ4n) is 4.51. The smallest absolute Gasteiger partial charge is 0.206 e. The van der Waals surface area contributed by atoms with Crippen molar-refractivity contribution in [3.05, 3.63) is 53.7 Å². The Morgan fingerprint density at radius 2 is 1.81 bits per heavy atom. The van der Waals surface area contributed by atoms with E-state index in [1.165, 1.54) is 41.9 Å². The summed E-state index contributed by atoms with van der Waals surface area (Å²) >= 11 is 0. The average molecular weight is 368 g/mol. The lowest BCUT2D eigenvalue weighted by Crippen LogP contribution is -2.32. The van der Waals surface area contributed by atoms with Crippen LogP contribution in [0.2, 0.25) is 0 Å². The molecule has 2 bridgehead atoms. The predicted molar refractivity (Wildman–Crippen MR) is 99.1 cm³/mol. The fraction of sp³-hybridized carbons (Fsp3) is 0.300. The van der Waals surface area contributed by atoms with Gasteiger partial charge in [0.2, 0.25) is 9.84 Å². The summed E-state index contributed by atoms with van der Waals surface area (Å²) in [6.07, 6.45) is 3.27. The zero-order valence-electron chi connectivity index (χ0n) is 14.4. The van der Waals surface area contributed by atoms with E-state index < -0.39 is 9.84 Å². The number of nitrogens with zero attached hydrogens (tertiary/aromatic N) is 1. The summed E-state index contributed by atoms with van der Waals surface area (Å²) in [5.74, 6) is 0.0541. The van der Waals surface area contributed by atoms with Gasteiger partial charge in [-0.15, -0.1) is 0 Å². The number of fused-ring (bicyclic) bond motifs is 6. The number of aromatic nitrogens is 1. The van der Waals surface area contributed by atoms with Crippen molar-refractivity contribution >= 4 is 20.7 Å². The van der Waals surface area contributed by atoms with Gasteiger partial charge in [0, 0.05) is 42.1 Å². The van der Waals surface area contributed by atoms with Crippen LogP contribution in [0.1, 0.15) is 30.1 Å². The van der Waals surface area contributed by atoms with Crippen LogP contribution in [-0.2, 0) is 23.3 Å². The highest BCUT2D eigenvalue weighted by molar-refractivity contribution is 7.91. The van der Waals surface area contributed by atoms with E-state index in [2.05, 4.69) is 16.9 Å². The molecule has 5 rings (SSSR count). The van der Waals surface area contributed by atoms with Crippen molar-refractivity contribution in [2.24, 2.45) is 7.05 Å². The zero-order valence-corrected chi connectivity index (χ0v) is 15.3. The van der Waals surface area contributed by atoms with Crippen molar-refractivity contribution in [3.63, 3.8) is 0 Å². The van der Waals surface area contributed by atoms with Gasteiger partial charge in [0.1, 0.15) is 5.75 Å². The second-order valence-corrected chi connectivity index (χ2v) is 9.24. The molecular formula is C20H20N2O3S. The summed E-state index contributed by atoms with van der Waals surface area (Å²) in [4.78, 5) is 0.489. The van der Waals surface area contributed by atoms with Crippen LogP contribution in [0.15, 0.2) is 52.3 Å². The second-order valence-electron chi connectivity index (χ2n) is 7.29. The minimum absolute atomic E-state index is 0.0541. The number of aromatic hydroxyl groups is 1. The molecule has 2 N–H and O–H groups in total. The summed E-state index contributed by atoms with van der Waals surface area (Å²) < 4.78 is 28.3. The number of nitrogens with one attached hydrogen (secondary N) is 1. The standard InChI is InChI=1S/C20H20N2O3S/c1-22-18-9-7-15(26(24,25)14-5-3-13(23)4-6-14)11-16(18)20-17-8-2-12(21-17)10-19(20)22/h3-7,9,11-12,17,21,23H,2,8,10H2,1H3. The summed E-state index contributed by atoms with van der Waals surface area (Å²) in [5, 5.41) is 14.1. The van der Waals surface area contributed by atoms with Crippen LogP contribution in [0.3, 0.4) is 0 Å². The van der Waals surface area contributed by atoms with E-state index in [0.717, 1.165) is 23.7 Å². The van der Waals surface area contributed by atoms with Gasteiger partial charge in [0.05, 0.1) is 9.79 Å². The maximum Gasteiger partial charge on any atom is 0.206 e. The molecule has 26 heavy (non-hydrogen) atoms. The highest BCUT2D eigenvalue weighted by Gasteiger charge is 2.36. The van der Waals surface area contributed by atoms with E-state index in [9.17, 15) is 13.5 Å². The second kappa shape index (κ2) is 5.34. The molecule has 0 aliphatic carbocycles. The Hall–Kier alpha value is -2.31. The molecule has 6 heteroatoms. The Labute approximate surface area is 152 Å². The molecule has 3 heterocycles. The van der Waals surface area contributed by atoms with E-state index in [-0.39, 0.29) is 10.6 Å². The van der Waals surface area contributed by atoms with Crippen molar-refractivity contribution in [2.75, 3.05) is 0 Å². The van der Waals surface area contributed by atoms with Crippen molar-refractivity contribution in [3.8, 4) is 5.75 Å². The number of benzene rings is 2. The van der Waals surface area contributed by atoms with Gasteiger partial charge in [-0.2, -0.15) is 0 Å². The Morgan fingerprint density at radius 1 is 1.08 bits per heavy atom. The lowest BCUT2D eigenvalue weighted by Gasteiger charge is -2.23. The first kappa shape index (κ1) is 15.9. The van der Waals surface area contributed by atoms with E-state index in [1.54, 1.807) is 6.07 Å². The van der Waals surface area contributed by atoms with Crippen molar-refractivity contribution < 1.29 is 13.5 Å². The van der Waals surface area contributed by atoms with Gasteiger partial charge < -0.3 is 15.0 Å². The number of phenols is 1. The molecule has 5 nitrogen and oxygen atoms in total. The molecule has 0 radical (unpaired) electrons. The molecule has 134 valence electrons. The number of hydrogen-bond donors (Lipinski definition) is 2. The van der Waals surface area contributed by atoms with Crippen LogP contribution in [0.4, 0.5) is 0 Å². The number of rotatable bonds is 2. The summed E-state index contributed by atoms with van der Waals surface area (Å²) in [5.41, 5.74) is 3.67. The molecular weight excluding hydrogens is 348 g/mol. The molecule has 2 atom stereocenters. The molecule has 3 aromatic rings. The first-order valence-corrected chi connectivity index (χ1v) is 10.3. The fourth-order valence-corrected chi connectivity index (χ4v) is 5.80. The molecule has 1 saturated heterocycles. The molecule has 1 aromatic heterocycles. The van der Waals surface area contributed by atoms with Crippen molar-refractivity contribution in [2.45, 2.75) is 41.1 Å². The SMILES string of the molecule is Cn1c2c(c3cc(S(=O)(=O)c4ccc(O)cc4)ccc31)C1CCC(C2)N1. The van der Waals surface area contributed by atoms with E-state index in [4.69, 9.17) is 0 Å². The number of sulfone groups is 1. The van der Waals surface area contributed by atoms with E-state index >= 15 is 0 Å².